The third kappa shape index (κ3) is 4.98. The minimum atomic E-state index is -1.000. The molecule has 4 rings (SSSR count). The van der Waals surface area contributed by atoms with E-state index >= 15 is 0 Å². The molecule has 0 aromatic heterocycles. The third-order valence-corrected chi connectivity index (χ3v) is 6.68. The van der Waals surface area contributed by atoms with Crippen LogP contribution in [0, 0.1) is 24.7 Å². The number of hydrogen-bond acceptors (Lipinski definition) is 4. The van der Waals surface area contributed by atoms with E-state index in [-0.39, 0.29) is 24.3 Å². The van der Waals surface area contributed by atoms with Gasteiger partial charge in [-0.2, -0.15) is 0 Å². The number of benzene rings is 2. The van der Waals surface area contributed by atoms with Gasteiger partial charge in [0.2, 0.25) is 0 Å². The summed E-state index contributed by atoms with van der Waals surface area (Å²) in [7, 11) is 1.60. The summed E-state index contributed by atoms with van der Waals surface area (Å²) in [5.41, 5.74) is 1.79. The Kier molecular flexibility index (Phi) is 6.60. The topological polar surface area (TPSA) is 76.1 Å². The molecule has 2 fully saturated rings. The Bertz CT molecular complexity index is 1080. The van der Waals surface area contributed by atoms with E-state index in [1.807, 2.05) is 55.5 Å². The lowest BCUT2D eigenvalue weighted by molar-refractivity contribution is -0.161. The van der Waals surface area contributed by atoms with Crippen molar-refractivity contribution in [3.63, 3.8) is 0 Å². The van der Waals surface area contributed by atoms with Gasteiger partial charge in [-0.15, -0.1) is 0 Å². The molecule has 1 heterocycles. The van der Waals surface area contributed by atoms with Gasteiger partial charge in [-0.1, -0.05) is 30.2 Å². The van der Waals surface area contributed by atoms with Gasteiger partial charge in [-0.25, -0.2) is 4.79 Å². The normalized spacial score (nSPS) is 23.8. The van der Waals surface area contributed by atoms with Gasteiger partial charge in [0.15, 0.2) is 5.60 Å². The van der Waals surface area contributed by atoms with Crippen molar-refractivity contribution < 1.29 is 24.2 Å². The predicted molar refractivity (Wildman–Crippen MR) is 124 cm³/mol. The average Bonchev–Trinajstić information content (AvgIpc) is 3.24. The van der Waals surface area contributed by atoms with Crippen molar-refractivity contribution in [1.29, 1.82) is 0 Å². The van der Waals surface area contributed by atoms with Crippen molar-refractivity contribution in [2.45, 2.75) is 50.7 Å². The Labute approximate surface area is 194 Å². The molecule has 1 aliphatic heterocycles. The molecule has 2 aromatic carbocycles. The monoisotopic (exact) mass is 447 g/mol. The van der Waals surface area contributed by atoms with Crippen LogP contribution in [0.4, 0.5) is 4.79 Å². The molecule has 0 spiro atoms. The summed E-state index contributed by atoms with van der Waals surface area (Å²) in [6, 6.07) is 15.0. The molecule has 3 unspecified atom stereocenters. The zero-order chi connectivity index (χ0) is 23.4. The molecule has 33 heavy (non-hydrogen) atoms. The molecule has 0 bridgehead atoms. The maximum absolute atomic E-state index is 13.1. The number of likely N-dealkylation sites (tertiary alicyclic amines) is 1. The SMILES string of the molecule is COc1ccc(CC(=O)OC2(C#Cc3cccc(C)c3)CCCC3C2CCN3C(=O)O)cc1. The summed E-state index contributed by atoms with van der Waals surface area (Å²) < 4.78 is 11.4. The first-order valence-corrected chi connectivity index (χ1v) is 11.3. The minimum absolute atomic E-state index is 0.123. The molecule has 1 saturated carbocycles. The van der Waals surface area contributed by atoms with E-state index < -0.39 is 11.7 Å². The van der Waals surface area contributed by atoms with Crippen LogP contribution in [0.5, 0.6) is 5.75 Å². The number of fused-ring (bicyclic) bond motifs is 1. The molecule has 2 aliphatic rings. The lowest BCUT2D eigenvalue weighted by Gasteiger charge is -2.42. The molecular formula is C27H29NO5. The van der Waals surface area contributed by atoms with E-state index in [0.29, 0.717) is 19.4 Å². The van der Waals surface area contributed by atoms with E-state index in [9.17, 15) is 14.7 Å². The highest BCUT2D eigenvalue weighted by atomic mass is 16.6. The Morgan fingerprint density at radius 3 is 2.67 bits per heavy atom. The van der Waals surface area contributed by atoms with Crippen LogP contribution in [0.2, 0.25) is 0 Å². The van der Waals surface area contributed by atoms with Crippen molar-refractivity contribution in [2.24, 2.45) is 5.92 Å². The van der Waals surface area contributed by atoms with Crippen molar-refractivity contribution >= 4 is 12.1 Å². The van der Waals surface area contributed by atoms with Gasteiger partial charge in [0.05, 0.1) is 13.5 Å². The number of esters is 1. The fourth-order valence-corrected chi connectivity index (χ4v) is 5.11. The third-order valence-electron chi connectivity index (χ3n) is 6.68. The molecule has 3 atom stereocenters. The maximum Gasteiger partial charge on any atom is 0.407 e. The highest BCUT2D eigenvalue weighted by Crippen LogP contribution is 2.45. The largest absolute Gasteiger partial charge is 0.497 e. The Morgan fingerprint density at radius 2 is 1.97 bits per heavy atom. The second-order valence-corrected chi connectivity index (χ2v) is 8.84. The van der Waals surface area contributed by atoms with E-state index in [1.165, 1.54) is 4.90 Å². The molecule has 1 saturated heterocycles. The van der Waals surface area contributed by atoms with Crippen molar-refractivity contribution in [2.75, 3.05) is 13.7 Å². The molecule has 1 aliphatic carbocycles. The number of carbonyl (C=O) groups excluding carboxylic acids is 1. The molecule has 1 N–H and O–H groups in total. The summed E-state index contributed by atoms with van der Waals surface area (Å²) >= 11 is 0. The number of carboxylic acid groups (broad SMARTS) is 1. The first-order chi connectivity index (χ1) is 15.9. The average molecular weight is 448 g/mol. The van der Waals surface area contributed by atoms with Crippen LogP contribution in [-0.2, 0) is 16.0 Å². The van der Waals surface area contributed by atoms with Crippen molar-refractivity contribution in [1.82, 2.24) is 4.90 Å². The molecule has 2 aromatic rings. The second kappa shape index (κ2) is 9.58. The first-order valence-electron chi connectivity index (χ1n) is 11.3. The second-order valence-electron chi connectivity index (χ2n) is 8.84. The summed E-state index contributed by atoms with van der Waals surface area (Å²) in [5, 5.41) is 9.65. The standard InChI is InChI=1S/C27H29NO5/c1-19-5-3-6-20(17-19)12-15-27(14-4-7-24-23(27)13-16-28(24)26(30)31)33-25(29)18-21-8-10-22(32-2)11-9-21/h3,5-6,8-11,17,23-24H,4,7,13-14,16,18H2,1-2H3,(H,30,31). The van der Waals surface area contributed by atoms with E-state index in [2.05, 4.69) is 11.8 Å². The molecule has 172 valence electrons. The maximum atomic E-state index is 13.1. The minimum Gasteiger partial charge on any atom is -0.497 e. The smallest absolute Gasteiger partial charge is 0.407 e. The van der Waals surface area contributed by atoms with Gasteiger partial charge in [-0.05, 0) is 73.9 Å². The van der Waals surface area contributed by atoms with E-state index in [1.54, 1.807) is 7.11 Å². The number of ether oxygens (including phenoxy) is 2. The zero-order valence-electron chi connectivity index (χ0n) is 19.0. The van der Waals surface area contributed by atoms with Crippen LogP contribution in [0.15, 0.2) is 48.5 Å². The van der Waals surface area contributed by atoms with Crippen molar-refractivity contribution in [3.8, 4) is 17.6 Å². The number of nitrogens with zero attached hydrogens (tertiary/aromatic N) is 1. The highest BCUT2D eigenvalue weighted by molar-refractivity contribution is 5.74. The molecule has 6 heteroatoms. The van der Waals surface area contributed by atoms with Gasteiger partial charge in [0.1, 0.15) is 5.75 Å². The first kappa shape index (κ1) is 22.7. The predicted octanol–water partition coefficient (Wildman–Crippen LogP) is 4.43. The number of amides is 1. The fraction of sp³-hybridized carbons (Fsp3) is 0.407. The number of methoxy groups -OCH3 is 1. The van der Waals surface area contributed by atoms with Crippen LogP contribution in [0.25, 0.3) is 0 Å². The van der Waals surface area contributed by atoms with E-state index in [0.717, 1.165) is 35.3 Å². The lowest BCUT2D eigenvalue weighted by atomic mass is 9.72. The van der Waals surface area contributed by atoms with Gasteiger partial charge in [-0.3, -0.25) is 4.79 Å². The van der Waals surface area contributed by atoms with Gasteiger partial charge in [0, 0.05) is 24.1 Å². The number of rotatable bonds is 4. The molecule has 1 amide bonds. The van der Waals surface area contributed by atoms with Crippen LogP contribution in [0.1, 0.15) is 42.4 Å². The molecule has 0 radical (unpaired) electrons. The Balaban J connectivity index is 1.62. The molecule has 6 nitrogen and oxygen atoms in total. The Morgan fingerprint density at radius 1 is 1.18 bits per heavy atom. The Hall–Kier alpha value is -3.46. The van der Waals surface area contributed by atoms with Crippen LogP contribution in [0.3, 0.4) is 0 Å². The van der Waals surface area contributed by atoms with Gasteiger partial charge < -0.3 is 19.5 Å². The summed E-state index contributed by atoms with van der Waals surface area (Å²) in [5.74, 6) is 6.77. The van der Waals surface area contributed by atoms with Crippen LogP contribution < -0.4 is 4.74 Å². The fourth-order valence-electron chi connectivity index (χ4n) is 5.11. The number of carbonyl (C=O) groups is 2. The number of aryl methyl sites for hydroxylation is 1. The summed E-state index contributed by atoms with van der Waals surface area (Å²) in [4.78, 5) is 26.3. The van der Waals surface area contributed by atoms with Gasteiger partial charge >= 0.3 is 12.1 Å². The van der Waals surface area contributed by atoms with Crippen molar-refractivity contribution in [3.05, 3.63) is 65.2 Å². The highest BCUT2D eigenvalue weighted by Gasteiger charge is 2.53. The summed E-state index contributed by atoms with van der Waals surface area (Å²) in [6.07, 6.45) is 1.96. The summed E-state index contributed by atoms with van der Waals surface area (Å²) in [6.45, 7) is 2.45. The lowest BCUT2D eigenvalue weighted by Crippen LogP contribution is -2.51. The van der Waals surface area contributed by atoms with E-state index in [4.69, 9.17) is 9.47 Å². The molecular weight excluding hydrogens is 418 g/mol. The van der Waals surface area contributed by atoms with Crippen LogP contribution >= 0.6 is 0 Å². The number of hydrogen-bond donors (Lipinski definition) is 1. The quantitative estimate of drug-likeness (QED) is 0.554. The zero-order valence-corrected chi connectivity index (χ0v) is 19.0. The van der Waals surface area contributed by atoms with Gasteiger partial charge in [0.25, 0.3) is 0 Å². The van der Waals surface area contributed by atoms with Crippen LogP contribution in [-0.4, -0.2) is 47.4 Å².